The number of carbonyl (C=O) groups is 1. The molecule has 3 aromatic carbocycles. The molecule has 0 fully saturated rings. The zero-order chi connectivity index (χ0) is 23.5. The number of methoxy groups -OCH3 is 2. The lowest BCUT2D eigenvalue weighted by Gasteiger charge is -2.12. The molecule has 0 spiro atoms. The summed E-state index contributed by atoms with van der Waals surface area (Å²) < 4.78 is 22.2. The second-order valence-corrected chi connectivity index (χ2v) is 7.75. The molecule has 0 aliphatic rings. The highest BCUT2D eigenvalue weighted by Gasteiger charge is 2.16. The summed E-state index contributed by atoms with van der Waals surface area (Å²) in [7, 11) is 3.09. The Bertz CT molecular complexity index is 1390. The smallest absolute Gasteiger partial charge is 0.200 e. The predicted molar refractivity (Wildman–Crippen MR) is 127 cm³/mol. The van der Waals surface area contributed by atoms with Gasteiger partial charge in [-0.05, 0) is 61.0 Å². The Labute approximate surface area is 195 Å². The first kappa shape index (κ1) is 22.4. The van der Waals surface area contributed by atoms with Gasteiger partial charge in [0.25, 0.3) is 0 Å². The van der Waals surface area contributed by atoms with E-state index in [9.17, 15) is 9.59 Å². The van der Waals surface area contributed by atoms with Gasteiger partial charge in [0.2, 0.25) is 5.43 Å². The van der Waals surface area contributed by atoms with Gasteiger partial charge in [-0.15, -0.1) is 0 Å². The fraction of sp³-hybridized carbons (Fsp3) is 0.154. The van der Waals surface area contributed by atoms with Crippen LogP contribution in [0, 0.1) is 6.92 Å². The van der Waals surface area contributed by atoms with Gasteiger partial charge in [0, 0.05) is 16.7 Å². The van der Waals surface area contributed by atoms with E-state index in [-0.39, 0.29) is 17.8 Å². The van der Waals surface area contributed by atoms with Crippen LogP contribution in [-0.2, 0) is 0 Å². The van der Waals surface area contributed by atoms with E-state index in [1.54, 1.807) is 74.7 Å². The van der Waals surface area contributed by atoms with Gasteiger partial charge < -0.3 is 18.6 Å². The SMILES string of the molecule is COc1ccc(-c2c(C)oc3cc(OCC(=O)c4ccc(Cl)cc4)ccc3c2=O)cc1OC. The zero-order valence-corrected chi connectivity index (χ0v) is 19.1. The number of hydrogen-bond donors (Lipinski definition) is 0. The van der Waals surface area contributed by atoms with Gasteiger partial charge in [-0.2, -0.15) is 0 Å². The van der Waals surface area contributed by atoms with Crippen LogP contribution < -0.4 is 19.6 Å². The van der Waals surface area contributed by atoms with Gasteiger partial charge in [-0.25, -0.2) is 0 Å². The number of ketones is 1. The lowest BCUT2D eigenvalue weighted by Crippen LogP contribution is -2.12. The highest BCUT2D eigenvalue weighted by molar-refractivity contribution is 6.30. The Morgan fingerprint density at radius 1 is 0.939 bits per heavy atom. The summed E-state index contributed by atoms with van der Waals surface area (Å²) in [6, 6.07) is 16.7. The topological polar surface area (TPSA) is 75.0 Å². The number of hydrogen-bond acceptors (Lipinski definition) is 6. The number of ether oxygens (including phenoxy) is 3. The Morgan fingerprint density at radius 3 is 2.36 bits per heavy atom. The molecule has 0 saturated carbocycles. The van der Waals surface area contributed by atoms with Crippen molar-refractivity contribution in [2.24, 2.45) is 0 Å². The predicted octanol–water partition coefficient (Wildman–Crippen LogP) is 5.70. The molecule has 168 valence electrons. The lowest BCUT2D eigenvalue weighted by molar-refractivity contribution is 0.0921. The molecule has 0 N–H and O–H groups in total. The Balaban J connectivity index is 1.63. The zero-order valence-electron chi connectivity index (χ0n) is 18.3. The molecule has 1 heterocycles. The van der Waals surface area contributed by atoms with E-state index in [1.807, 2.05) is 0 Å². The monoisotopic (exact) mass is 464 g/mol. The van der Waals surface area contributed by atoms with Crippen LogP contribution in [0.5, 0.6) is 17.2 Å². The largest absolute Gasteiger partial charge is 0.493 e. The maximum absolute atomic E-state index is 13.3. The van der Waals surface area contributed by atoms with Crippen molar-refractivity contribution in [2.45, 2.75) is 6.92 Å². The summed E-state index contributed by atoms with van der Waals surface area (Å²) in [6.07, 6.45) is 0. The second-order valence-electron chi connectivity index (χ2n) is 7.31. The van der Waals surface area contributed by atoms with E-state index in [0.717, 1.165) is 0 Å². The van der Waals surface area contributed by atoms with Gasteiger partial charge in [0.1, 0.15) is 17.1 Å². The minimum absolute atomic E-state index is 0.153. The fourth-order valence-corrected chi connectivity index (χ4v) is 3.70. The minimum atomic E-state index is -0.187. The first-order chi connectivity index (χ1) is 15.9. The summed E-state index contributed by atoms with van der Waals surface area (Å²) >= 11 is 5.86. The normalized spacial score (nSPS) is 10.8. The number of carbonyl (C=O) groups excluding carboxylic acids is 1. The number of aryl methyl sites for hydroxylation is 1. The van der Waals surface area contributed by atoms with Crippen LogP contribution in [0.1, 0.15) is 16.1 Å². The van der Waals surface area contributed by atoms with E-state index < -0.39 is 0 Å². The van der Waals surface area contributed by atoms with Crippen molar-refractivity contribution in [1.29, 1.82) is 0 Å². The van der Waals surface area contributed by atoms with Gasteiger partial charge in [0.15, 0.2) is 23.9 Å². The minimum Gasteiger partial charge on any atom is -0.493 e. The Kier molecular flexibility index (Phi) is 6.38. The van der Waals surface area contributed by atoms with E-state index in [2.05, 4.69) is 0 Å². The van der Waals surface area contributed by atoms with Gasteiger partial charge >= 0.3 is 0 Å². The van der Waals surface area contributed by atoms with Crippen LogP contribution in [0.2, 0.25) is 5.02 Å². The van der Waals surface area contributed by atoms with E-state index in [4.69, 9.17) is 30.2 Å². The van der Waals surface area contributed by atoms with Crippen LogP contribution >= 0.6 is 11.6 Å². The molecule has 0 atom stereocenters. The van der Waals surface area contributed by atoms with Crippen molar-refractivity contribution in [2.75, 3.05) is 20.8 Å². The highest BCUT2D eigenvalue weighted by atomic mass is 35.5. The molecule has 1 aromatic heterocycles. The fourth-order valence-electron chi connectivity index (χ4n) is 3.57. The Morgan fingerprint density at radius 2 is 1.67 bits per heavy atom. The maximum Gasteiger partial charge on any atom is 0.200 e. The summed E-state index contributed by atoms with van der Waals surface area (Å²) in [5, 5.41) is 0.960. The first-order valence-corrected chi connectivity index (χ1v) is 10.5. The van der Waals surface area contributed by atoms with Crippen molar-refractivity contribution in [3.05, 3.63) is 87.2 Å². The van der Waals surface area contributed by atoms with Crippen molar-refractivity contribution >= 4 is 28.4 Å². The highest BCUT2D eigenvalue weighted by Crippen LogP contribution is 2.33. The van der Waals surface area contributed by atoms with Crippen LogP contribution in [-0.4, -0.2) is 26.6 Å². The van der Waals surface area contributed by atoms with Crippen molar-refractivity contribution < 1.29 is 23.4 Å². The number of benzene rings is 3. The molecular formula is C26H21ClO6. The van der Waals surface area contributed by atoms with Gasteiger partial charge in [-0.3, -0.25) is 9.59 Å². The molecule has 0 aliphatic heterocycles. The average molecular weight is 465 g/mol. The van der Waals surface area contributed by atoms with Crippen molar-refractivity contribution in [3.63, 3.8) is 0 Å². The third-order valence-electron chi connectivity index (χ3n) is 5.25. The maximum atomic E-state index is 13.3. The summed E-state index contributed by atoms with van der Waals surface area (Å²) in [5.41, 5.74) is 1.80. The van der Waals surface area contributed by atoms with Gasteiger partial charge in [0.05, 0.1) is 25.2 Å². The summed E-state index contributed by atoms with van der Waals surface area (Å²) in [6.45, 7) is 1.57. The van der Waals surface area contributed by atoms with E-state index in [1.165, 1.54) is 7.11 Å². The van der Waals surface area contributed by atoms with Crippen LogP contribution in [0.4, 0.5) is 0 Å². The molecule has 7 heteroatoms. The number of halogens is 1. The third kappa shape index (κ3) is 4.56. The standard InChI is InChI=1S/C26H21ClO6/c1-15-25(17-6-11-22(30-2)24(12-17)31-3)26(29)20-10-9-19(13-23(20)33-15)32-14-21(28)16-4-7-18(27)8-5-16/h4-13H,14H2,1-3H3. The molecule has 33 heavy (non-hydrogen) atoms. The molecule has 0 unspecified atom stereocenters. The van der Waals surface area contributed by atoms with Crippen molar-refractivity contribution in [1.82, 2.24) is 0 Å². The third-order valence-corrected chi connectivity index (χ3v) is 5.50. The molecule has 0 amide bonds. The summed E-state index contributed by atoms with van der Waals surface area (Å²) in [4.78, 5) is 25.6. The molecule has 4 rings (SSSR count). The number of Topliss-reactive ketones (excluding diaryl/α,β-unsaturated/α-hetero) is 1. The number of fused-ring (bicyclic) bond motifs is 1. The van der Waals surface area contributed by atoms with Crippen LogP contribution in [0.25, 0.3) is 22.1 Å². The quantitative estimate of drug-likeness (QED) is 0.326. The molecule has 4 aromatic rings. The van der Waals surface area contributed by atoms with E-state index in [0.29, 0.717) is 55.7 Å². The van der Waals surface area contributed by atoms with Crippen molar-refractivity contribution in [3.8, 4) is 28.4 Å². The molecule has 0 saturated heterocycles. The van der Waals surface area contributed by atoms with Crippen LogP contribution in [0.3, 0.4) is 0 Å². The second kappa shape index (κ2) is 9.38. The molecule has 0 bridgehead atoms. The number of rotatable bonds is 7. The Hall–Kier alpha value is -3.77. The average Bonchev–Trinajstić information content (AvgIpc) is 2.82. The first-order valence-electron chi connectivity index (χ1n) is 10.1. The molecular weight excluding hydrogens is 444 g/mol. The molecule has 0 radical (unpaired) electrons. The molecule has 0 aliphatic carbocycles. The molecule has 6 nitrogen and oxygen atoms in total. The van der Waals surface area contributed by atoms with E-state index >= 15 is 0 Å². The summed E-state index contributed by atoms with van der Waals surface area (Å²) in [5.74, 6) is 1.77. The lowest BCUT2D eigenvalue weighted by atomic mass is 10.0. The van der Waals surface area contributed by atoms with Crippen LogP contribution in [0.15, 0.2) is 69.9 Å². The van der Waals surface area contributed by atoms with Gasteiger partial charge in [-0.1, -0.05) is 17.7 Å².